The predicted molar refractivity (Wildman–Crippen MR) is 122 cm³/mol. The molecule has 0 saturated carbocycles. The van der Waals surface area contributed by atoms with Gasteiger partial charge in [-0.1, -0.05) is 6.07 Å². The molecule has 166 valence electrons. The van der Waals surface area contributed by atoms with Crippen LogP contribution in [0.25, 0.3) is 11.5 Å². The van der Waals surface area contributed by atoms with Crippen LogP contribution in [-0.2, 0) is 11.3 Å². The molecule has 0 radical (unpaired) electrons. The summed E-state index contributed by atoms with van der Waals surface area (Å²) in [5.41, 5.74) is 2.23. The van der Waals surface area contributed by atoms with E-state index in [9.17, 15) is 4.79 Å². The van der Waals surface area contributed by atoms with Crippen molar-refractivity contribution in [2.75, 3.05) is 36.5 Å². The minimum absolute atomic E-state index is 0.0262. The molecule has 2 aromatic heterocycles. The largest absolute Gasteiger partial charge is 0.490 e. The molecule has 1 fully saturated rings. The van der Waals surface area contributed by atoms with E-state index in [1.165, 1.54) is 0 Å². The van der Waals surface area contributed by atoms with Crippen molar-refractivity contribution in [2.45, 2.75) is 32.4 Å². The first-order valence-electron chi connectivity index (χ1n) is 11.1. The Balaban J connectivity index is 1.52. The fourth-order valence-corrected chi connectivity index (χ4v) is 4.18. The van der Waals surface area contributed by atoms with Crippen molar-refractivity contribution in [1.82, 2.24) is 14.5 Å². The van der Waals surface area contributed by atoms with Crippen molar-refractivity contribution in [3.63, 3.8) is 0 Å². The average Bonchev–Trinajstić information content (AvgIpc) is 3.28. The highest BCUT2D eigenvalue weighted by Gasteiger charge is 2.20. The fourth-order valence-electron chi connectivity index (χ4n) is 4.18. The Labute approximate surface area is 187 Å². The van der Waals surface area contributed by atoms with Gasteiger partial charge in [0.2, 0.25) is 0 Å². The van der Waals surface area contributed by atoms with Crippen LogP contribution in [0.5, 0.6) is 5.75 Å². The summed E-state index contributed by atoms with van der Waals surface area (Å²) in [4.78, 5) is 24.7. The summed E-state index contributed by atoms with van der Waals surface area (Å²) >= 11 is 0. The number of carbonyl (C=O) groups is 1. The SMILES string of the molecule is C[C@@H]1CCCn2ccnc2-c2cccc(n2)NC(=O)c2cc(N3CCOCC3)ccc2O1. The number of morpholine rings is 1. The number of nitrogens with zero attached hydrogens (tertiary/aromatic N) is 4. The second kappa shape index (κ2) is 9.00. The van der Waals surface area contributed by atoms with Crippen molar-refractivity contribution >= 4 is 17.4 Å². The molecule has 32 heavy (non-hydrogen) atoms. The number of rotatable bonds is 1. The molecule has 3 aromatic rings. The van der Waals surface area contributed by atoms with Crippen LogP contribution in [0.1, 0.15) is 30.1 Å². The highest BCUT2D eigenvalue weighted by Crippen LogP contribution is 2.29. The maximum atomic E-state index is 13.3. The standard InChI is InChI=1S/C24H27N5O3/c1-17-4-3-10-29-11-9-25-23(29)20-5-2-6-22(26-20)27-24(30)19-16-18(7-8-21(19)32-17)28-12-14-31-15-13-28/h2,5-9,11,16-17H,3-4,10,12-15H2,1H3,(H,26,27,30)/t17-/m1/s1. The number of hydrogen-bond acceptors (Lipinski definition) is 6. The van der Waals surface area contributed by atoms with Gasteiger partial charge < -0.3 is 24.3 Å². The number of nitrogens with one attached hydrogen (secondary N) is 1. The Bertz CT molecular complexity index is 1110. The van der Waals surface area contributed by atoms with Gasteiger partial charge in [0.1, 0.15) is 17.3 Å². The van der Waals surface area contributed by atoms with E-state index in [1.807, 2.05) is 43.5 Å². The van der Waals surface area contributed by atoms with Gasteiger partial charge in [-0.15, -0.1) is 0 Å². The third-order valence-electron chi connectivity index (χ3n) is 5.86. The summed E-state index contributed by atoms with van der Waals surface area (Å²) < 4.78 is 13.8. The van der Waals surface area contributed by atoms with Crippen LogP contribution in [0, 0.1) is 0 Å². The highest BCUT2D eigenvalue weighted by atomic mass is 16.5. The van der Waals surface area contributed by atoms with Gasteiger partial charge >= 0.3 is 0 Å². The van der Waals surface area contributed by atoms with E-state index in [0.29, 0.717) is 30.3 Å². The Morgan fingerprint density at radius 2 is 2.00 bits per heavy atom. The number of hydrogen-bond donors (Lipinski definition) is 1. The van der Waals surface area contributed by atoms with Gasteiger partial charge in [-0.25, -0.2) is 9.97 Å². The summed E-state index contributed by atoms with van der Waals surface area (Å²) in [6.07, 6.45) is 5.50. The number of benzene rings is 1. The number of aromatic nitrogens is 3. The molecule has 5 rings (SSSR count). The maximum Gasteiger partial charge on any atom is 0.260 e. The number of pyridine rings is 1. The van der Waals surface area contributed by atoms with Crippen LogP contribution in [0.3, 0.4) is 0 Å². The molecule has 8 nitrogen and oxygen atoms in total. The molecule has 8 heteroatoms. The van der Waals surface area contributed by atoms with Crippen molar-refractivity contribution in [1.29, 1.82) is 0 Å². The second-order valence-corrected chi connectivity index (χ2v) is 8.16. The molecule has 2 aliphatic rings. The average molecular weight is 434 g/mol. The highest BCUT2D eigenvalue weighted by molar-refractivity contribution is 6.06. The molecule has 1 amide bonds. The Kier molecular flexibility index (Phi) is 5.77. The molecule has 0 spiro atoms. The molecule has 4 heterocycles. The molecule has 1 aromatic carbocycles. The summed E-state index contributed by atoms with van der Waals surface area (Å²) in [5, 5.41) is 2.95. The molecule has 1 atom stereocenters. The van der Waals surface area contributed by atoms with Crippen LogP contribution in [0.2, 0.25) is 0 Å². The lowest BCUT2D eigenvalue weighted by atomic mass is 10.1. The first-order chi connectivity index (χ1) is 15.7. The van der Waals surface area contributed by atoms with Crippen molar-refractivity contribution in [3.8, 4) is 17.3 Å². The van der Waals surface area contributed by atoms with Crippen LogP contribution in [-0.4, -0.2) is 52.8 Å². The Hall–Kier alpha value is -3.39. The number of imidazole rings is 1. The number of carbonyl (C=O) groups excluding carboxylic acids is 1. The smallest absolute Gasteiger partial charge is 0.260 e. The third kappa shape index (κ3) is 4.31. The number of aryl methyl sites for hydroxylation is 1. The number of amides is 1. The van der Waals surface area contributed by atoms with Crippen LogP contribution in [0.15, 0.2) is 48.8 Å². The quantitative estimate of drug-likeness (QED) is 0.632. The van der Waals surface area contributed by atoms with Crippen molar-refractivity contribution in [3.05, 3.63) is 54.4 Å². The van der Waals surface area contributed by atoms with E-state index in [1.54, 1.807) is 12.3 Å². The lowest BCUT2D eigenvalue weighted by Gasteiger charge is -2.29. The minimum atomic E-state index is -0.243. The van der Waals surface area contributed by atoms with Crippen molar-refractivity contribution < 1.29 is 14.3 Å². The zero-order chi connectivity index (χ0) is 21.9. The van der Waals surface area contributed by atoms with Crippen LogP contribution >= 0.6 is 0 Å². The van der Waals surface area contributed by atoms with E-state index in [2.05, 4.69) is 24.8 Å². The first kappa shape index (κ1) is 20.5. The number of fused-ring (bicyclic) bond motifs is 5. The third-order valence-corrected chi connectivity index (χ3v) is 5.86. The topological polar surface area (TPSA) is 81.5 Å². The van der Waals surface area contributed by atoms with Gasteiger partial charge in [-0.05, 0) is 50.1 Å². The van der Waals surface area contributed by atoms with Crippen LogP contribution < -0.4 is 15.0 Å². The molecule has 1 N–H and O–H groups in total. The zero-order valence-electron chi connectivity index (χ0n) is 18.2. The molecule has 0 unspecified atom stereocenters. The lowest BCUT2D eigenvalue weighted by Crippen LogP contribution is -2.36. The predicted octanol–water partition coefficient (Wildman–Crippen LogP) is 3.60. The monoisotopic (exact) mass is 433 g/mol. The van der Waals surface area contributed by atoms with Gasteiger partial charge in [0.15, 0.2) is 5.82 Å². The molecular weight excluding hydrogens is 406 g/mol. The fraction of sp³-hybridized carbons (Fsp3) is 0.375. The molecule has 2 bridgehead atoms. The van der Waals surface area contributed by atoms with E-state index in [0.717, 1.165) is 49.7 Å². The van der Waals surface area contributed by atoms with Gasteiger partial charge in [0.05, 0.1) is 24.9 Å². The maximum absolute atomic E-state index is 13.3. The summed E-state index contributed by atoms with van der Waals surface area (Å²) in [6.45, 7) is 5.83. The van der Waals surface area contributed by atoms with Gasteiger partial charge in [-0.3, -0.25) is 4.79 Å². The number of anilines is 2. The van der Waals surface area contributed by atoms with Gasteiger partial charge in [-0.2, -0.15) is 0 Å². The van der Waals surface area contributed by atoms with E-state index < -0.39 is 0 Å². The van der Waals surface area contributed by atoms with Crippen LogP contribution in [0.4, 0.5) is 11.5 Å². The molecular formula is C24H27N5O3. The Morgan fingerprint density at radius 1 is 1.12 bits per heavy atom. The lowest BCUT2D eigenvalue weighted by molar-refractivity contribution is 0.101. The Morgan fingerprint density at radius 3 is 2.88 bits per heavy atom. The summed E-state index contributed by atoms with van der Waals surface area (Å²) in [7, 11) is 0. The van der Waals surface area contributed by atoms with Gasteiger partial charge in [0.25, 0.3) is 5.91 Å². The summed E-state index contributed by atoms with van der Waals surface area (Å²) in [6, 6.07) is 11.4. The van der Waals surface area contributed by atoms with Crippen molar-refractivity contribution in [2.24, 2.45) is 0 Å². The van der Waals surface area contributed by atoms with E-state index >= 15 is 0 Å². The minimum Gasteiger partial charge on any atom is -0.490 e. The normalized spacial score (nSPS) is 19.2. The molecule has 2 aliphatic heterocycles. The van der Waals surface area contributed by atoms with E-state index in [4.69, 9.17) is 9.47 Å². The second-order valence-electron chi connectivity index (χ2n) is 8.16. The van der Waals surface area contributed by atoms with E-state index in [-0.39, 0.29) is 12.0 Å². The van der Waals surface area contributed by atoms with Gasteiger partial charge in [0, 0.05) is 37.7 Å². The molecule has 0 aliphatic carbocycles. The zero-order valence-corrected chi connectivity index (χ0v) is 18.2. The first-order valence-corrected chi connectivity index (χ1v) is 11.1. The number of ether oxygens (including phenoxy) is 2. The summed E-state index contributed by atoms with van der Waals surface area (Å²) in [5.74, 6) is 1.62. The molecule has 1 saturated heterocycles.